The van der Waals surface area contributed by atoms with Crippen LogP contribution in [0.5, 0.6) is 11.5 Å². The third-order valence-corrected chi connectivity index (χ3v) is 3.45. The fourth-order valence-corrected chi connectivity index (χ4v) is 2.29. The number of aryl methyl sites for hydroxylation is 2. The third kappa shape index (κ3) is 3.48. The van der Waals surface area contributed by atoms with Crippen LogP contribution in [0.15, 0.2) is 24.7 Å². The second-order valence-corrected chi connectivity index (χ2v) is 4.95. The molecule has 0 spiro atoms. The molecule has 2 rings (SSSR count). The van der Waals surface area contributed by atoms with Gasteiger partial charge in [-0.2, -0.15) is 0 Å². The van der Waals surface area contributed by atoms with E-state index >= 15 is 0 Å². The van der Waals surface area contributed by atoms with Crippen molar-refractivity contribution in [3.63, 3.8) is 0 Å². The summed E-state index contributed by atoms with van der Waals surface area (Å²) in [4.78, 5) is 4.21. The standard InChI is InChI=1S/C16H23N3O2/c1-5-6-19-11-17-9-13(19)10-18-14-8-16(21-4)15(20-3)7-12(14)2/h7-9,11,18H,5-6,10H2,1-4H3. The van der Waals surface area contributed by atoms with Crippen LogP contribution in [0.1, 0.15) is 24.6 Å². The summed E-state index contributed by atoms with van der Waals surface area (Å²) in [6.07, 6.45) is 4.87. The number of imidazole rings is 1. The van der Waals surface area contributed by atoms with Crippen LogP contribution in [0, 0.1) is 6.92 Å². The predicted octanol–water partition coefficient (Wildman–Crippen LogP) is 3.23. The van der Waals surface area contributed by atoms with Gasteiger partial charge < -0.3 is 19.4 Å². The summed E-state index contributed by atoms with van der Waals surface area (Å²) in [5.41, 5.74) is 3.33. The molecule has 2 aromatic rings. The Morgan fingerprint density at radius 2 is 1.90 bits per heavy atom. The average molecular weight is 289 g/mol. The smallest absolute Gasteiger partial charge is 0.162 e. The molecule has 1 aromatic carbocycles. The third-order valence-electron chi connectivity index (χ3n) is 3.45. The Kier molecular flexibility index (Phi) is 5.09. The number of nitrogens with one attached hydrogen (secondary N) is 1. The van der Waals surface area contributed by atoms with E-state index in [1.54, 1.807) is 14.2 Å². The molecule has 0 amide bonds. The highest BCUT2D eigenvalue weighted by atomic mass is 16.5. The van der Waals surface area contributed by atoms with E-state index < -0.39 is 0 Å². The minimum absolute atomic E-state index is 0.729. The van der Waals surface area contributed by atoms with Gasteiger partial charge in [0.2, 0.25) is 0 Å². The maximum atomic E-state index is 5.35. The summed E-state index contributed by atoms with van der Waals surface area (Å²) in [5.74, 6) is 1.48. The summed E-state index contributed by atoms with van der Waals surface area (Å²) in [7, 11) is 3.29. The minimum atomic E-state index is 0.729. The summed E-state index contributed by atoms with van der Waals surface area (Å²) in [5, 5.41) is 3.44. The van der Waals surface area contributed by atoms with Gasteiger partial charge >= 0.3 is 0 Å². The molecule has 114 valence electrons. The van der Waals surface area contributed by atoms with E-state index in [1.807, 2.05) is 31.6 Å². The molecule has 0 unspecified atom stereocenters. The molecule has 0 saturated heterocycles. The van der Waals surface area contributed by atoms with E-state index in [0.29, 0.717) is 0 Å². The van der Waals surface area contributed by atoms with E-state index in [2.05, 4.69) is 21.8 Å². The highest BCUT2D eigenvalue weighted by molar-refractivity contribution is 5.60. The topological polar surface area (TPSA) is 48.3 Å². The van der Waals surface area contributed by atoms with E-state index in [1.165, 1.54) is 5.69 Å². The van der Waals surface area contributed by atoms with Gasteiger partial charge in [0.15, 0.2) is 11.5 Å². The highest BCUT2D eigenvalue weighted by Gasteiger charge is 2.09. The fraction of sp³-hybridized carbons (Fsp3) is 0.438. The van der Waals surface area contributed by atoms with Crippen LogP contribution in [0.3, 0.4) is 0 Å². The van der Waals surface area contributed by atoms with Gasteiger partial charge in [-0.15, -0.1) is 0 Å². The lowest BCUT2D eigenvalue weighted by Crippen LogP contribution is -2.08. The van der Waals surface area contributed by atoms with Crippen LogP contribution in [0.4, 0.5) is 5.69 Å². The van der Waals surface area contributed by atoms with Gasteiger partial charge in [0, 0.05) is 24.5 Å². The zero-order valence-electron chi connectivity index (χ0n) is 13.1. The predicted molar refractivity (Wildman–Crippen MR) is 84.1 cm³/mol. The van der Waals surface area contributed by atoms with Crippen molar-refractivity contribution in [2.45, 2.75) is 33.4 Å². The molecule has 1 heterocycles. The molecule has 5 nitrogen and oxygen atoms in total. The Bertz CT molecular complexity index is 593. The lowest BCUT2D eigenvalue weighted by atomic mass is 10.1. The second-order valence-electron chi connectivity index (χ2n) is 4.95. The summed E-state index contributed by atoms with van der Waals surface area (Å²) in [6, 6.07) is 3.94. The zero-order valence-corrected chi connectivity index (χ0v) is 13.1. The molecule has 0 bridgehead atoms. The number of rotatable bonds is 7. The summed E-state index contributed by atoms with van der Waals surface area (Å²) >= 11 is 0. The Morgan fingerprint density at radius 1 is 1.19 bits per heavy atom. The van der Waals surface area contributed by atoms with Crippen LogP contribution >= 0.6 is 0 Å². The molecule has 0 radical (unpaired) electrons. The van der Waals surface area contributed by atoms with Gasteiger partial charge in [-0.1, -0.05) is 6.92 Å². The second kappa shape index (κ2) is 7.02. The number of methoxy groups -OCH3 is 2. The number of aromatic nitrogens is 2. The number of benzene rings is 1. The van der Waals surface area contributed by atoms with Crippen LogP contribution in [-0.2, 0) is 13.1 Å². The van der Waals surface area contributed by atoms with Gasteiger partial charge in [0.1, 0.15) is 0 Å². The lowest BCUT2D eigenvalue weighted by Gasteiger charge is -2.15. The molecular formula is C16H23N3O2. The van der Waals surface area contributed by atoms with E-state index in [4.69, 9.17) is 9.47 Å². The van der Waals surface area contributed by atoms with Crippen molar-refractivity contribution < 1.29 is 9.47 Å². The quantitative estimate of drug-likeness (QED) is 0.850. The van der Waals surface area contributed by atoms with Gasteiger partial charge in [-0.3, -0.25) is 0 Å². The van der Waals surface area contributed by atoms with Crippen molar-refractivity contribution in [3.05, 3.63) is 35.9 Å². The first kappa shape index (κ1) is 15.2. The highest BCUT2D eigenvalue weighted by Crippen LogP contribution is 2.33. The zero-order chi connectivity index (χ0) is 15.2. The Balaban J connectivity index is 2.14. The molecule has 0 saturated carbocycles. The van der Waals surface area contributed by atoms with Crippen LogP contribution < -0.4 is 14.8 Å². The first-order valence-corrected chi connectivity index (χ1v) is 7.15. The van der Waals surface area contributed by atoms with Crippen molar-refractivity contribution in [1.82, 2.24) is 9.55 Å². The van der Waals surface area contributed by atoms with Crippen LogP contribution in [0.25, 0.3) is 0 Å². The van der Waals surface area contributed by atoms with Gasteiger partial charge in [-0.25, -0.2) is 4.98 Å². The van der Waals surface area contributed by atoms with Crippen LogP contribution in [0.2, 0.25) is 0 Å². The maximum Gasteiger partial charge on any atom is 0.162 e. The van der Waals surface area contributed by atoms with Crippen molar-refractivity contribution in [2.75, 3.05) is 19.5 Å². The largest absolute Gasteiger partial charge is 0.493 e. The number of hydrogen-bond acceptors (Lipinski definition) is 4. The molecule has 21 heavy (non-hydrogen) atoms. The Morgan fingerprint density at radius 3 is 2.57 bits per heavy atom. The molecule has 0 aliphatic carbocycles. The van der Waals surface area contributed by atoms with Crippen molar-refractivity contribution >= 4 is 5.69 Å². The van der Waals surface area contributed by atoms with Crippen molar-refractivity contribution in [2.24, 2.45) is 0 Å². The number of hydrogen-bond donors (Lipinski definition) is 1. The first-order valence-electron chi connectivity index (χ1n) is 7.15. The van der Waals surface area contributed by atoms with E-state index in [-0.39, 0.29) is 0 Å². The molecule has 5 heteroatoms. The average Bonchev–Trinajstić information content (AvgIpc) is 2.93. The van der Waals surface area contributed by atoms with E-state index in [9.17, 15) is 0 Å². The molecule has 0 fully saturated rings. The fourth-order valence-electron chi connectivity index (χ4n) is 2.29. The van der Waals surface area contributed by atoms with Gasteiger partial charge in [0.25, 0.3) is 0 Å². The SMILES string of the molecule is CCCn1cncc1CNc1cc(OC)c(OC)cc1C. The normalized spacial score (nSPS) is 10.5. The monoisotopic (exact) mass is 289 g/mol. The number of ether oxygens (including phenoxy) is 2. The molecular weight excluding hydrogens is 266 g/mol. The first-order chi connectivity index (χ1) is 10.2. The van der Waals surface area contributed by atoms with Crippen molar-refractivity contribution in [3.8, 4) is 11.5 Å². The molecule has 0 atom stereocenters. The lowest BCUT2D eigenvalue weighted by molar-refractivity contribution is 0.355. The minimum Gasteiger partial charge on any atom is -0.493 e. The van der Waals surface area contributed by atoms with Crippen molar-refractivity contribution in [1.29, 1.82) is 0 Å². The molecule has 1 N–H and O–H groups in total. The van der Waals surface area contributed by atoms with Gasteiger partial charge in [-0.05, 0) is 25.0 Å². The molecule has 0 aliphatic heterocycles. The summed E-state index contributed by atoms with van der Waals surface area (Å²) < 4.78 is 12.8. The van der Waals surface area contributed by atoms with E-state index in [0.717, 1.165) is 42.3 Å². The molecule has 0 aliphatic rings. The van der Waals surface area contributed by atoms with Crippen LogP contribution in [-0.4, -0.2) is 23.8 Å². The number of anilines is 1. The van der Waals surface area contributed by atoms with Gasteiger partial charge in [0.05, 0.1) is 32.8 Å². The molecule has 1 aromatic heterocycles. The summed E-state index contributed by atoms with van der Waals surface area (Å²) in [6.45, 7) is 5.93. The maximum absolute atomic E-state index is 5.35. The Labute approximate surface area is 125 Å². The Hall–Kier alpha value is -2.17. The number of nitrogens with zero attached hydrogens (tertiary/aromatic N) is 2.